The number of rotatable bonds is 12. The van der Waals surface area contributed by atoms with Gasteiger partial charge in [-0.05, 0) is 27.2 Å². The summed E-state index contributed by atoms with van der Waals surface area (Å²) in [5, 5.41) is 0. The molecule has 0 saturated carbocycles. The number of hydrogen-bond acceptors (Lipinski definition) is 4. The van der Waals surface area contributed by atoms with Crippen molar-refractivity contribution in [3.63, 3.8) is 0 Å². The lowest BCUT2D eigenvalue weighted by molar-refractivity contribution is 0.0157. The summed E-state index contributed by atoms with van der Waals surface area (Å²) in [5.74, 6) is 0. The number of carbonyl (C=O) groups excluding carboxylic acids is 1. The fourth-order valence-electron chi connectivity index (χ4n) is 1.76. The number of hydrogen-bond donors (Lipinski definition) is 0. The zero-order valence-electron chi connectivity index (χ0n) is 15.2. The van der Waals surface area contributed by atoms with Crippen molar-refractivity contribution in [2.24, 2.45) is 0 Å². The summed E-state index contributed by atoms with van der Waals surface area (Å²) in [5.41, 5.74) is -0.461. The predicted molar refractivity (Wildman–Crippen MR) is 89.3 cm³/mol. The second kappa shape index (κ2) is 12.7. The highest BCUT2D eigenvalue weighted by molar-refractivity contribution is 5.67. The van der Waals surface area contributed by atoms with Crippen LogP contribution in [0.4, 0.5) is 4.79 Å². The Morgan fingerprint density at radius 1 is 0.909 bits per heavy atom. The van der Waals surface area contributed by atoms with Crippen LogP contribution < -0.4 is 0 Å². The molecule has 0 aliphatic carbocycles. The van der Waals surface area contributed by atoms with Gasteiger partial charge in [-0.2, -0.15) is 0 Å². The molecular formula is C17H35NO4. The van der Waals surface area contributed by atoms with E-state index in [-0.39, 0.29) is 6.09 Å². The van der Waals surface area contributed by atoms with Crippen molar-refractivity contribution in [3.8, 4) is 0 Å². The van der Waals surface area contributed by atoms with Gasteiger partial charge in [0.05, 0.1) is 19.8 Å². The minimum atomic E-state index is -0.461. The lowest BCUT2D eigenvalue weighted by Gasteiger charge is -2.24. The van der Waals surface area contributed by atoms with Crippen LogP contribution in [0.25, 0.3) is 0 Å². The number of nitrogens with zero attached hydrogens (tertiary/aromatic N) is 1. The zero-order chi connectivity index (χ0) is 16.8. The Morgan fingerprint density at radius 2 is 1.50 bits per heavy atom. The van der Waals surface area contributed by atoms with Gasteiger partial charge >= 0.3 is 6.09 Å². The van der Waals surface area contributed by atoms with Crippen LogP contribution in [0.3, 0.4) is 0 Å². The second-order valence-corrected chi connectivity index (χ2v) is 6.54. The third kappa shape index (κ3) is 14.1. The van der Waals surface area contributed by atoms with E-state index in [1.807, 2.05) is 20.8 Å². The van der Waals surface area contributed by atoms with Crippen LogP contribution >= 0.6 is 0 Å². The Kier molecular flexibility index (Phi) is 12.2. The minimum absolute atomic E-state index is 0.320. The predicted octanol–water partition coefficient (Wildman–Crippen LogP) is 3.86. The summed E-state index contributed by atoms with van der Waals surface area (Å²) in [6.07, 6.45) is 5.93. The lowest BCUT2D eigenvalue weighted by Crippen LogP contribution is -2.36. The molecule has 0 radical (unpaired) electrons. The molecule has 1 amide bonds. The van der Waals surface area contributed by atoms with E-state index in [1.165, 1.54) is 30.6 Å². The number of ether oxygens (including phenoxy) is 3. The van der Waals surface area contributed by atoms with Crippen LogP contribution in [0.5, 0.6) is 0 Å². The van der Waals surface area contributed by atoms with Gasteiger partial charge in [0.2, 0.25) is 0 Å². The van der Waals surface area contributed by atoms with Crippen LogP contribution in [0, 0.1) is 0 Å². The van der Waals surface area contributed by atoms with Crippen molar-refractivity contribution >= 4 is 6.09 Å². The summed E-state index contributed by atoms with van der Waals surface area (Å²) < 4.78 is 16.2. The first kappa shape index (κ1) is 21.2. The van der Waals surface area contributed by atoms with Crippen molar-refractivity contribution in [3.05, 3.63) is 0 Å². The smallest absolute Gasteiger partial charge is 0.410 e. The maximum atomic E-state index is 11.7. The van der Waals surface area contributed by atoms with E-state index in [9.17, 15) is 4.79 Å². The van der Waals surface area contributed by atoms with Gasteiger partial charge in [0.15, 0.2) is 0 Å². The summed E-state index contributed by atoms with van der Waals surface area (Å²) in [7, 11) is 1.71. The van der Waals surface area contributed by atoms with E-state index in [2.05, 4.69) is 6.92 Å². The molecule has 0 rings (SSSR count). The van der Waals surface area contributed by atoms with E-state index < -0.39 is 5.60 Å². The normalized spacial score (nSPS) is 11.5. The van der Waals surface area contributed by atoms with E-state index in [1.54, 1.807) is 7.05 Å². The maximum absolute atomic E-state index is 11.7. The minimum Gasteiger partial charge on any atom is -0.444 e. The Balaban J connectivity index is 3.37. The van der Waals surface area contributed by atoms with Gasteiger partial charge in [0.25, 0.3) is 0 Å². The molecule has 0 saturated heterocycles. The SMILES string of the molecule is CCCCCCCOCCOCCN(C)C(=O)OC(C)(C)C. The second-order valence-electron chi connectivity index (χ2n) is 6.54. The highest BCUT2D eigenvalue weighted by Gasteiger charge is 2.19. The molecule has 0 aliphatic rings. The standard InChI is InChI=1S/C17H35NO4/c1-6-7-8-9-10-12-20-14-15-21-13-11-18(5)16(19)22-17(2,3)4/h6-15H2,1-5H3. The number of likely N-dealkylation sites (N-methyl/N-ethyl adjacent to an activating group) is 1. The molecule has 0 bridgehead atoms. The largest absolute Gasteiger partial charge is 0.444 e. The quantitative estimate of drug-likeness (QED) is 0.513. The average molecular weight is 317 g/mol. The molecule has 0 fully saturated rings. The number of amides is 1. The monoisotopic (exact) mass is 317 g/mol. The van der Waals surface area contributed by atoms with Crippen LogP contribution in [0.1, 0.15) is 59.8 Å². The maximum Gasteiger partial charge on any atom is 0.410 e. The Morgan fingerprint density at radius 3 is 2.09 bits per heavy atom. The first-order valence-corrected chi connectivity index (χ1v) is 8.46. The summed E-state index contributed by atoms with van der Waals surface area (Å²) in [4.78, 5) is 13.2. The Bertz CT molecular complexity index is 276. The van der Waals surface area contributed by atoms with Crippen LogP contribution in [-0.4, -0.2) is 56.6 Å². The Labute approximate surface area is 136 Å². The van der Waals surface area contributed by atoms with Crippen molar-refractivity contribution < 1.29 is 19.0 Å². The summed E-state index contributed by atoms with van der Waals surface area (Å²) >= 11 is 0. The van der Waals surface area contributed by atoms with E-state index in [4.69, 9.17) is 14.2 Å². The molecule has 0 aliphatic heterocycles. The first-order chi connectivity index (χ1) is 10.4. The van der Waals surface area contributed by atoms with Crippen molar-refractivity contribution in [2.75, 3.05) is 40.0 Å². The average Bonchev–Trinajstić information content (AvgIpc) is 2.42. The molecule has 132 valence electrons. The molecule has 0 unspecified atom stereocenters. The highest BCUT2D eigenvalue weighted by Crippen LogP contribution is 2.08. The first-order valence-electron chi connectivity index (χ1n) is 8.46. The van der Waals surface area contributed by atoms with Gasteiger partial charge in [-0.15, -0.1) is 0 Å². The number of carbonyl (C=O) groups is 1. The van der Waals surface area contributed by atoms with E-state index in [0.29, 0.717) is 26.4 Å². The van der Waals surface area contributed by atoms with Gasteiger partial charge in [-0.3, -0.25) is 0 Å². The molecule has 22 heavy (non-hydrogen) atoms. The molecular weight excluding hydrogens is 282 g/mol. The molecule has 5 nitrogen and oxygen atoms in total. The van der Waals surface area contributed by atoms with Crippen molar-refractivity contribution in [1.29, 1.82) is 0 Å². The molecule has 0 spiro atoms. The molecule has 0 aromatic heterocycles. The van der Waals surface area contributed by atoms with Gasteiger partial charge in [-0.1, -0.05) is 32.6 Å². The van der Waals surface area contributed by atoms with Gasteiger partial charge in [-0.25, -0.2) is 4.79 Å². The highest BCUT2D eigenvalue weighted by atomic mass is 16.6. The van der Waals surface area contributed by atoms with Crippen molar-refractivity contribution in [1.82, 2.24) is 4.90 Å². The topological polar surface area (TPSA) is 48.0 Å². The molecule has 0 N–H and O–H groups in total. The fourth-order valence-corrected chi connectivity index (χ4v) is 1.76. The summed E-state index contributed by atoms with van der Waals surface area (Å²) in [6.45, 7) is 10.8. The van der Waals surface area contributed by atoms with Gasteiger partial charge in [0, 0.05) is 20.2 Å². The van der Waals surface area contributed by atoms with Crippen LogP contribution in [0.2, 0.25) is 0 Å². The van der Waals surface area contributed by atoms with Crippen LogP contribution in [0.15, 0.2) is 0 Å². The van der Waals surface area contributed by atoms with Gasteiger partial charge < -0.3 is 19.1 Å². The molecule has 0 aromatic rings. The Hall–Kier alpha value is -0.810. The fraction of sp³-hybridized carbons (Fsp3) is 0.941. The molecule has 0 atom stereocenters. The zero-order valence-corrected chi connectivity index (χ0v) is 15.2. The lowest BCUT2D eigenvalue weighted by atomic mass is 10.2. The molecule has 0 heterocycles. The van der Waals surface area contributed by atoms with Gasteiger partial charge in [0.1, 0.15) is 5.60 Å². The summed E-state index contributed by atoms with van der Waals surface area (Å²) in [6, 6.07) is 0. The van der Waals surface area contributed by atoms with E-state index >= 15 is 0 Å². The number of unbranched alkanes of at least 4 members (excludes halogenated alkanes) is 4. The third-order valence-corrected chi connectivity index (χ3v) is 3.04. The molecule has 5 heteroatoms. The van der Waals surface area contributed by atoms with Crippen LogP contribution in [-0.2, 0) is 14.2 Å². The van der Waals surface area contributed by atoms with E-state index in [0.717, 1.165) is 13.0 Å². The third-order valence-electron chi connectivity index (χ3n) is 3.04. The molecule has 0 aromatic carbocycles. The van der Waals surface area contributed by atoms with Crippen molar-refractivity contribution in [2.45, 2.75) is 65.4 Å².